The molecule has 1 aromatic carbocycles. The molecule has 2 fully saturated rings. The van der Waals surface area contributed by atoms with Gasteiger partial charge in [-0.05, 0) is 25.0 Å². The van der Waals surface area contributed by atoms with Gasteiger partial charge in [-0.1, -0.05) is 23.5 Å². The number of aromatic nitrogens is 1. The molecular formula is C16H12F6N2OS. The van der Waals surface area contributed by atoms with Gasteiger partial charge >= 0.3 is 6.18 Å². The van der Waals surface area contributed by atoms with Gasteiger partial charge in [-0.2, -0.15) is 13.2 Å². The summed E-state index contributed by atoms with van der Waals surface area (Å²) in [5, 5.41) is 2.51. The first-order valence-corrected chi connectivity index (χ1v) is 8.67. The van der Waals surface area contributed by atoms with E-state index < -0.39 is 54.3 Å². The fraction of sp³-hybridized carbons (Fsp3) is 0.500. The van der Waals surface area contributed by atoms with Crippen LogP contribution >= 0.6 is 11.3 Å². The van der Waals surface area contributed by atoms with E-state index in [0.29, 0.717) is 5.52 Å². The van der Waals surface area contributed by atoms with Crippen LogP contribution in [0, 0.1) is 17.8 Å². The third kappa shape index (κ3) is 2.20. The van der Waals surface area contributed by atoms with Gasteiger partial charge in [-0.25, -0.2) is 18.2 Å². The molecule has 3 nitrogen and oxygen atoms in total. The largest absolute Gasteiger partial charge is 0.428 e. The summed E-state index contributed by atoms with van der Waals surface area (Å²) in [6.45, 7) is 0. The number of carbonyl (C=O) groups is 1. The molecule has 1 heterocycles. The Kier molecular flexibility index (Phi) is 3.61. The first-order valence-electron chi connectivity index (χ1n) is 7.85. The second kappa shape index (κ2) is 5.34. The topological polar surface area (TPSA) is 42.0 Å². The van der Waals surface area contributed by atoms with Crippen molar-refractivity contribution in [3.8, 4) is 0 Å². The first kappa shape index (κ1) is 17.6. The molecule has 2 aliphatic rings. The van der Waals surface area contributed by atoms with E-state index in [2.05, 4.69) is 10.3 Å². The molecule has 2 aromatic rings. The first-order chi connectivity index (χ1) is 12.1. The van der Waals surface area contributed by atoms with Gasteiger partial charge in [0, 0.05) is 17.8 Å². The third-order valence-electron chi connectivity index (χ3n) is 5.34. The molecule has 26 heavy (non-hydrogen) atoms. The Labute approximate surface area is 147 Å². The zero-order valence-electron chi connectivity index (χ0n) is 13.0. The number of alkyl halides is 6. The monoisotopic (exact) mass is 394 g/mol. The van der Waals surface area contributed by atoms with Gasteiger partial charge in [0.1, 0.15) is 0 Å². The molecule has 140 valence electrons. The van der Waals surface area contributed by atoms with Crippen molar-refractivity contribution in [1.29, 1.82) is 0 Å². The van der Waals surface area contributed by atoms with Crippen LogP contribution in [0.15, 0.2) is 24.3 Å². The van der Waals surface area contributed by atoms with Crippen LogP contribution < -0.4 is 5.32 Å². The SMILES string of the molecule is O=C(Nc1nc2ccccc2s1)[C@@H]1C[C@H]2C[C@H]1[C@@](F)(C(F)(F)F)C2(F)F. The predicted octanol–water partition coefficient (Wildman–Crippen LogP) is 4.80. The van der Waals surface area contributed by atoms with Crippen LogP contribution in [-0.2, 0) is 4.79 Å². The van der Waals surface area contributed by atoms with Crippen LogP contribution in [0.4, 0.5) is 31.5 Å². The number of hydrogen-bond acceptors (Lipinski definition) is 3. The number of carbonyl (C=O) groups excluding carboxylic acids is 1. The lowest BCUT2D eigenvalue weighted by Crippen LogP contribution is -2.61. The number of halogens is 6. The predicted molar refractivity (Wildman–Crippen MR) is 82.8 cm³/mol. The molecule has 2 saturated carbocycles. The number of hydrogen-bond donors (Lipinski definition) is 1. The van der Waals surface area contributed by atoms with E-state index in [9.17, 15) is 31.1 Å². The van der Waals surface area contributed by atoms with Crippen LogP contribution in [0.3, 0.4) is 0 Å². The Bertz CT molecular complexity index is 848. The summed E-state index contributed by atoms with van der Waals surface area (Å²) in [5.74, 6) is -10.8. The third-order valence-corrected chi connectivity index (χ3v) is 6.30. The summed E-state index contributed by atoms with van der Waals surface area (Å²) in [6, 6.07) is 6.92. The number of benzene rings is 1. The molecule has 10 heteroatoms. The molecule has 4 rings (SSSR count). The zero-order valence-corrected chi connectivity index (χ0v) is 13.8. The van der Waals surface area contributed by atoms with E-state index in [0.717, 1.165) is 16.0 Å². The Morgan fingerprint density at radius 2 is 1.88 bits per heavy atom. The molecule has 0 radical (unpaired) electrons. The van der Waals surface area contributed by atoms with Crippen molar-refractivity contribution < 1.29 is 31.1 Å². The van der Waals surface area contributed by atoms with E-state index in [1.165, 1.54) is 0 Å². The quantitative estimate of drug-likeness (QED) is 0.744. The standard InChI is InChI=1S/C16H12F6N2OS/c17-14(16(20,21)22)9-6-7(15(14,18)19)5-8(9)12(25)24-13-23-10-3-1-2-4-11(10)26-13/h1-4,7-9H,5-6H2,(H,23,24,25)/t7-,8+,9+,14-/m0/s1. The average molecular weight is 394 g/mol. The molecule has 2 aliphatic carbocycles. The highest BCUT2D eigenvalue weighted by molar-refractivity contribution is 7.22. The van der Waals surface area contributed by atoms with Crippen LogP contribution in [0.5, 0.6) is 0 Å². The van der Waals surface area contributed by atoms with Crippen LogP contribution in [-0.4, -0.2) is 28.7 Å². The second-order valence-corrected chi connectivity index (χ2v) is 7.72. The normalized spacial score (nSPS) is 32.9. The van der Waals surface area contributed by atoms with E-state index in [-0.39, 0.29) is 5.13 Å². The summed E-state index contributed by atoms with van der Waals surface area (Å²) >= 11 is 1.10. The zero-order chi connectivity index (χ0) is 18.9. The van der Waals surface area contributed by atoms with E-state index >= 15 is 0 Å². The van der Waals surface area contributed by atoms with Gasteiger partial charge in [-0.15, -0.1) is 0 Å². The van der Waals surface area contributed by atoms with E-state index in [1.54, 1.807) is 24.3 Å². The lowest BCUT2D eigenvalue weighted by molar-refractivity contribution is -0.321. The van der Waals surface area contributed by atoms with Crippen molar-refractivity contribution in [2.75, 3.05) is 5.32 Å². The van der Waals surface area contributed by atoms with Gasteiger partial charge in [0.2, 0.25) is 5.91 Å². The maximum Gasteiger partial charge on any atom is 0.428 e. The fourth-order valence-electron chi connectivity index (χ4n) is 4.13. The minimum Gasteiger partial charge on any atom is -0.302 e. The molecule has 0 saturated heterocycles. The highest BCUT2D eigenvalue weighted by Crippen LogP contribution is 2.68. The number of thiazole rings is 1. The second-order valence-electron chi connectivity index (χ2n) is 6.69. The summed E-state index contributed by atoms with van der Waals surface area (Å²) in [5.41, 5.74) is -4.10. The number of amides is 1. The van der Waals surface area contributed by atoms with Crippen LogP contribution in [0.1, 0.15) is 12.8 Å². The number of rotatable bonds is 2. The maximum absolute atomic E-state index is 14.5. The fourth-order valence-corrected chi connectivity index (χ4v) is 5.00. The summed E-state index contributed by atoms with van der Waals surface area (Å²) in [4.78, 5) is 16.5. The highest BCUT2D eigenvalue weighted by Gasteiger charge is 2.84. The van der Waals surface area contributed by atoms with Gasteiger partial charge in [0.25, 0.3) is 11.6 Å². The number of nitrogens with zero attached hydrogens (tertiary/aromatic N) is 1. The summed E-state index contributed by atoms with van der Waals surface area (Å²) in [7, 11) is 0. The molecule has 2 bridgehead atoms. The van der Waals surface area contributed by atoms with Crippen molar-refractivity contribution in [2.24, 2.45) is 17.8 Å². The molecule has 1 N–H and O–H groups in total. The Morgan fingerprint density at radius 1 is 1.19 bits per heavy atom. The summed E-state index contributed by atoms with van der Waals surface area (Å²) in [6.07, 6.45) is -6.89. The highest BCUT2D eigenvalue weighted by atomic mass is 32.1. The van der Waals surface area contributed by atoms with Gasteiger partial charge < -0.3 is 5.32 Å². The molecule has 1 aromatic heterocycles. The summed E-state index contributed by atoms with van der Waals surface area (Å²) < 4.78 is 82.5. The molecule has 0 aliphatic heterocycles. The molecule has 0 unspecified atom stereocenters. The number of fused-ring (bicyclic) bond motifs is 3. The lowest BCUT2D eigenvalue weighted by Gasteiger charge is -2.40. The number of para-hydroxylation sites is 1. The van der Waals surface area contributed by atoms with Gasteiger partial charge in [-0.3, -0.25) is 4.79 Å². The molecule has 0 spiro atoms. The molecule has 4 atom stereocenters. The average Bonchev–Trinajstić information content (AvgIpc) is 3.20. The van der Waals surface area contributed by atoms with E-state index in [1.807, 2.05) is 0 Å². The molecule has 1 amide bonds. The Morgan fingerprint density at radius 3 is 2.50 bits per heavy atom. The van der Waals surface area contributed by atoms with Gasteiger partial charge in [0.05, 0.1) is 10.2 Å². The van der Waals surface area contributed by atoms with Crippen molar-refractivity contribution in [3.05, 3.63) is 24.3 Å². The van der Waals surface area contributed by atoms with Crippen molar-refractivity contribution in [3.63, 3.8) is 0 Å². The lowest BCUT2D eigenvalue weighted by atomic mass is 9.75. The Hall–Kier alpha value is -1.84. The van der Waals surface area contributed by atoms with E-state index in [4.69, 9.17) is 0 Å². The minimum absolute atomic E-state index is 0.141. The van der Waals surface area contributed by atoms with Crippen molar-refractivity contribution in [2.45, 2.75) is 30.6 Å². The van der Waals surface area contributed by atoms with Crippen LogP contribution in [0.2, 0.25) is 0 Å². The van der Waals surface area contributed by atoms with Gasteiger partial charge in [0.15, 0.2) is 5.13 Å². The smallest absolute Gasteiger partial charge is 0.302 e. The number of nitrogens with one attached hydrogen (secondary N) is 1. The number of anilines is 1. The van der Waals surface area contributed by atoms with Crippen molar-refractivity contribution >= 4 is 32.6 Å². The maximum atomic E-state index is 14.5. The van der Waals surface area contributed by atoms with Crippen LogP contribution in [0.25, 0.3) is 10.2 Å². The molecular weight excluding hydrogens is 382 g/mol. The minimum atomic E-state index is -5.75. The van der Waals surface area contributed by atoms with Crippen molar-refractivity contribution in [1.82, 2.24) is 4.98 Å². The Balaban J connectivity index is 1.60.